The van der Waals surface area contributed by atoms with Crippen molar-refractivity contribution in [2.75, 3.05) is 5.75 Å². The van der Waals surface area contributed by atoms with E-state index in [-0.39, 0.29) is 5.25 Å². The van der Waals surface area contributed by atoms with Crippen LogP contribution in [0.25, 0.3) is 11.0 Å². The summed E-state index contributed by atoms with van der Waals surface area (Å²) in [5, 5.41) is 10.3. The maximum atomic E-state index is 10.3. The molecule has 2 heterocycles. The number of aromatic amines is 1. The number of hydrogen-bond donors (Lipinski definition) is 2. The molecule has 1 saturated heterocycles. The summed E-state index contributed by atoms with van der Waals surface area (Å²) in [5.41, 5.74) is 1.38. The molecule has 3 nitrogen and oxygen atoms in total. The van der Waals surface area contributed by atoms with Crippen molar-refractivity contribution in [3.05, 3.63) is 30.1 Å². The predicted octanol–water partition coefficient (Wildman–Crippen LogP) is 2.49. The lowest BCUT2D eigenvalue weighted by Gasteiger charge is -2.22. The van der Waals surface area contributed by atoms with Crippen LogP contribution in [0.4, 0.5) is 0 Å². The molecule has 1 fully saturated rings. The highest BCUT2D eigenvalue weighted by Gasteiger charge is 2.40. The molecular formula is C12H14N2OS. The lowest BCUT2D eigenvalue weighted by molar-refractivity contribution is 0.0599. The first-order chi connectivity index (χ1) is 7.67. The van der Waals surface area contributed by atoms with Gasteiger partial charge in [0.1, 0.15) is 5.82 Å². The number of thioether (sulfide) groups is 1. The van der Waals surface area contributed by atoms with Gasteiger partial charge in [-0.25, -0.2) is 4.98 Å². The molecule has 0 unspecified atom stereocenters. The van der Waals surface area contributed by atoms with Crippen molar-refractivity contribution in [3.8, 4) is 0 Å². The molecule has 1 aliphatic heterocycles. The van der Waals surface area contributed by atoms with Crippen molar-refractivity contribution in [1.29, 1.82) is 0 Å². The van der Waals surface area contributed by atoms with Crippen molar-refractivity contribution in [3.63, 3.8) is 0 Å². The normalized spacial score (nSPS) is 30.0. The second-order valence-electron chi connectivity index (χ2n) is 4.50. The highest BCUT2D eigenvalue weighted by atomic mass is 32.2. The molecule has 2 N–H and O–H groups in total. The maximum absolute atomic E-state index is 10.3. The van der Waals surface area contributed by atoms with Crippen molar-refractivity contribution in [2.45, 2.75) is 24.2 Å². The summed E-state index contributed by atoms with van der Waals surface area (Å²) in [4.78, 5) is 7.86. The van der Waals surface area contributed by atoms with Crippen molar-refractivity contribution >= 4 is 22.8 Å². The van der Waals surface area contributed by atoms with Gasteiger partial charge in [-0.2, -0.15) is 0 Å². The van der Waals surface area contributed by atoms with Gasteiger partial charge in [0, 0.05) is 0 Å². The SMILES string of the molecule is C[C@@]1(O)CCS[C@H]1c1nc2ccccc2[nH]1. The minimum absolute atomic E-state index is 0.0694. The van der Waals surface area contributed by atoms with Gasteiger partial charge in [-0.05, 0) is 31.2 Å². The average Bonchev–Trinajstić information content (AvgIpc) is 2.79. The van der Waals surface area contributed by atoms with Gasteiger partial charge in [0.2, 0.25) is 0 Å². The molecule has 0 radical (unpaired) electrons. The summed E-state index contributed by atoms with van der Waals surface area (Å²) >= 11 is 1.77. The van der Waals surface area contributed by atoms with E-state index < -0.39 is 5.60 Å². The highest BCUT2D eigenvalue weighted by molar-refractivity contribution is 7.99. The fourth-order valence-electron chi connectivity index (χ4n) is 2.16. The number of H-pyrrole nitrogens is 1. The minimum Gasteiger partial charge on any atom is -0.389 e. The second-order valence-corrected chi connectivity index (χ2v) is 5.71. The number of aliphatic hydroxyl groups is 1. The Bertz CT molecular complexity index is 487. The largest absolute Gasteiger partial charge is 0.389 e. The molecule has 0 spiro atoms. The Morgan fingerprint density at radius 1 is 1.50 bits per heavy atom. The Morgan fingerprint density at radius 2 is 2.31 bits per heavy atom. The Hall–Kier alpha value is -1.00. The van der Waals surface area contributed by atoms with Gasteiger partial charge in [0.05, 0.1) is 21.9 Å². The smallest absolute Gasteiger partial charge is 0.123 e. The van der Waals surface area contributed by atoms with E-state index in [0.717, 1.165) is 29.0 Å². The molecule has 0 bridgehead atoms. The zero-order valence-corrected chi connectivity index (χ0v) is 9.92. The van der Waals surface area contributed by atoms with E-state index >= 15 is 0 Å². The number of imidazole rings is 1. The summed E-state index contributed by atoms with van der Waals surface area (Å²) in [7, 11) is 0. The first kappa shape index (κ1) is 10.2. The number of benzene rings is 1. The fraction of sp³-hybridized carbons (Fsp3) is 0.417. The van der Waals surface area contributed by atoms with Gasteiger partial charge >= 0.3 is 0 Å². The molecule has 84 valence electrons. The van der Waals surface area contributed by atoms with E-state index in [1.165, 1.54) is 0 Å². The highest BCUT2D eigenvalue weighted by Crippen LogP contribution is 2.46. The van der Waals surface area contributed by atoms with Crippen LogP contribution >= 0.6 is 11.8 Å². The number of fused-ring (bicyclic) bond motifs is 1. The van der Waals surface area contributed by atoms with Crippen molar-refractivity contribution in [1.82, 2.24) is 9.97 Å². The number of hydrogen-bond acceptors (Lipinski definition) is 3. The second kappa shape index (κ2) is 3.50. The molecule has 0 saturated carbocycles. The molecule has 1 aliphatic rings. The van der Waals surface area contributed by atoms with E-state index in [1.807, 2.05) is 31.2 Å². The molecule has 0 aliphatic carbocycles. The Labute approximate surface area is 98.3 Å². The monoisotopic (exact) mass is 234 g/mol. The Morgan fingerprint density at radius 3 is 3.00 bits per heavy atom. The lowest BCUT2D eigenvalue weighted by Crippen LogP contribution is -2.26. The van der Waals surface area contributed by atoms with Gasteiger partial charge in [-0.3, -0.25) is 0 Å². The van der Waals surface area contributed by atoms with Crippen LogP contribution in [0.5, 0.6) is 0 Å². The Kier molecular flexibility index (Phi) is 2.23. The third-order valence-corrected chi connectivity index (χ3v) is 4.62. The topological polar surface area (TPSA) is 48.9 Å². The van der Waals surface area contributed by atoms with E-state index in [4.69, 9.17) is 0 Å². The van der Waals surface area contributed by atoms with E-state index in [0.29, 0.717) is 0 Å². The predicted molar refractivity (Wildman–Crippen MR) is 66.5 cm³/mol. The number of aromatic nitrogens is 2. The van der Waals surface area contributed by atoms with Crippen LogP contribution in [0.1, 0.15) is 24.4 Å². The number of nitrogens with zero attached hydrogens (tertiary/aromatic N) is 1. The quantitative estimate of drug-likeness (QED) is 0.797. The number of para-hydroxylation sites is 2. The summed E-state index contributed by atoms with van der Waals surface area (Å²) in [6.07, 6.45) is 0.833. The van der Waals surface area contributed by atoms with E-state index in [9.17, 15) is 5.11 Å². The molecular weight excluding hydrogens is 220 g/mol. The molecule has 4 heteroatoms. The van der Waals surface area contributed by atoms with Crippen molar-refractivity contribution < 1.29 is 5.11 Å². The Balaban J connectivity index is 2.06. The molecule has 16 heavy (non-hydrogen) atoms. The van der Waals surface area contributed by atoms with Gasteiger partial charge in [0.15, 0.2) is 0 Å². The molecule has 3 rings (SSSR count). The summed E-state index contributed by atoms with van der Waals surface area (Å²) in [6.45, 7) is 1.89. The van der Waals surface area contributed by atoms with Gasteiger partial charge < -0.3 is 10.1 Å². The third kappa shape index (κ3) is 1.53. The first-order valence-corrected chi connectivity index (χ1v) is 6.50. The van der Waals surface area contributed by atoms with Crippen LogP contribution in [0, 0.1) is 0 Å². The molecule has 2 atom stereocenters. The molecule has 2 aromatic rings. The zero-order chi connectivity index (χ0) is 11.2. The van der Waals surface area contributed by atoms with Gasteiger partial charge in [-0.1, -0.05) is 12.1 Å². The molecule has 1 aromatic carbocycles. The standard InChI is InChI=1S/C12H14N2OS/c1-12(15)6-7-16-10(12)11-13-8-4-2-3-5-9(8)14-11/h2-5,10,15H,6-7H2,1H3,(H,13,14)/t10-,12+/m0/s1. The van der Waals surface area contributed by atoms with Crippen molar-refractivity contribution in [2.24, 2.45) is 0 Å². The van der Waals surface area contributed by atoms with Crippen LogP contribution in [0.2, 0.25) is 0 Å². The first-order valence-electron chi connectivity index (χ1n) is 5.45. The maximum Gasteiger partial charge on any atom is 0.123 e. The number of nitrogens with one attached hydrogen (secondary N) is 1. The van der Waals surface area contributed by atoms with E-state index in [2.05, 4.69) is 9.97 Å². The van der Waals surface area contributed by atoms with Crippen LogP contribution in [-0.4, -0.2) is 26.4 Å². The summed E-state index contributed by atoms with van der Waals surface area (Å²) in [6, 6.07) is 7.97. The van der Waals surface area contributed by atoms with Gasteiger partial charge in [0.25, 0.3) is 0 Å². The molecule has 1 aromatic heterocycles. The van der Waals surface area contributed by atoms with Crippen LogP contribution in [-0.2, 0) is 0 Å². The zero-order valence-electron chi connectivity index (χ0n) is 9.10. The summed E-state index contributed by atoms with van der Waals surface area (Å²) < 4.78 is 0. The molecule has 0 amide bonds. The lowest BCUT2D eigenvalue weighted by atomic mass is 9.99. The summed E-state index contributed by atoms with van der Waals surface area (Å²) in [5.74, 6) is 1.89. The van der Waals surface area contributed by atoms with Crippen LogP contribution in [0.3, 0.4) is 0 Å². The van der Waals surface area contributed by atoms with E-state index in [1.54, 1.807) is 11.8 Å². The average molecular weight is 234 g/mol. The fourth-order valence-corrected chi connectivity index (χ4v) is 3.68. The van der Waals surface area contributed by atoms with Crippen LogP contribution < -0.4 is 0 Å². The van der Waals surface area contributed by atoms with Crippen LogP contribution in [0.15, 0.2) is 24.3 Å². The minimum atomic E-state index is -0.640. The number of rotatable bonds is 1. The van der Waals surface area contributed by atoms with Gasteiger partial charge in [-0.15, -0.1) is 11.8 Å². The third-order valence-electron chi connectivity index (χ3n) is 3.11.